The molecule has 0 bridgehead atoms. The number of rotatable bonds is 4. The highest BCUT2D eigenvalue weighted by Crippen LogP contribution is 2.21. The number of hydrogen-bond acceptors (Lipinski definition) is 4. The molecule has 1 N–H and O–H groups in total. The minimum Gasteiger partial charge on any atom is -0.381 e. The van der Waals surface area contributed by atoms with E-state index in [4.69, 9.17) is 4.74 Å². The van der Waals surface area contributed by atoms with Crippen molar-refractivity contribution in [2.45, 2.75) is 32.4 Å². The van der Waals surface area contributed by atoms with Crippen LogP contribution in [0.5, 0.6) is 0 Å². The minimum atomic E-state index is 0.585. The highest BCUT2D eigenvalue weighted by molar-refractivity contribution is 5.55. The van der Waals surface area contributed by atoms with Crippen molar-refractivity contribution in [3.05, 3.63) is 24.3 Å². The second kappa shape index (κ2) is 6.67. The van der Waals surface area contributed by atoms with E-state index in [0.29, 0.717) is 12.1 Å². The van der Waals surface area contributed by atoms with Crippen LogP contribution >= 0.6 is 0 Å². The van der Waals surface area contributed by atoms with Gasteiger partial charge >= 0.3 is 0 Å². The van der Waals surface area contributed by atoms with Crippen LogP contribution in [-0.4, -0.2) is 56.4 Å². The van der Waals surface area contributed by atoms with Crippen molar-refractivity contribution in [3.63, 3.8) is 0 Å². The molecular weight excluding hydrogens is 262 g/mol. The van der Waals surface area contributed by atoms with Crippen LogP contribution in [0.25, 0.3) is 0 Å². The first-order valence-corrected chi connectivity index (χ1v) is 8.16. The first-order chi connectivity index (χ1) is 10.2. The van der Waals surface area contributed by atoms with Gasteiger partial charge < -0.3 is 15.0 Å². The maximum Gasteiger partial charge on any atom is 0.0642 e. The van der Waals surface area contributed by atoms with Crippen molar-refractivity contribution in [3.8, 4) is 0 Å². The molecule has 116 valence electrons. The molecule has 1 aromatic carbocycles. The first-order valence-electron chi connectivity index (χ1n) is 8.16. The van der Waals surface area contributed by atoms with E-state index in [9.17, 15) is 0 Å². The Kier molecular flexibility index (Phi) is 4.66. The number of anilines is 2. The van der Waals surface area contributed by atoms with E-state index in [1.54, 1.807) is 0 Å². The molecule has 21 heavy (non-hydrogen) atoms. The van der Waals surface area contributed by atoms with Gasteiger partial charge in [0.15, 0.2) is 0 Å². The predicted molar refractivity (Wildman–Crippen MR) is 88.2 cm³/mol. The highest BCUT2D eigenvalue weighted by Gasteiger charge is 2.23. The molecule has 0 saturated carbocycles. The molecule has 0 radical (unpaired) electrons. The number of nitrogens with one attached hydrogen (secondary N) is 1. The molecule has 4 heteroatoms. The van der Waals surface area contributed by atoms with E-state index in [1.165, 1.54) is 24.3 Å². The summed E-state index contributed by atoms with van der Waals surface area (Å²) in [6.07, 6.45) is 1.24. The van der Waals surface area contributed by atoms with Crippen LogP contribution < -0.4 is 10.2 Å². The molecule has 3 rings (SSSR count). The van der Waals surface area contributed by atoms with Crippen LogP contribution in [0, 0.1) is 0 Å². The lowest BCUT2D eigenvalue weighted by Crippen LogP contribution is -2.36. The molecule has 4 nitrogen and oxygen atoms in total. The summed E-state index contributed by atoms with van der Waals surface area (Å²) in [5, 5.41) is 3.67. The minimum absolute atomic E-state index is 0.585. The number of nitrogens with zero attached hydrogens (tertiary/aromatic N) is 2. The van der Waals surface area contributed by atoms with Crippen molar-refractivity contribution in [1.82, 2.24) is 4.90 Å². The quantitative estimate of drug-likeness (QED) is 0.921. The molecule has 2 fully saturated rings. The molecule has 2 heterocycles. The molecule has 2 saturated heterocycles. The summed E-state index contributed by atoms with van der Waals surface area (Å²) in [5.74, 6) is 0. The van der Waals surface area contributed by atoms with E-state index >= 15 is 0 Å². The van der Waals surface area contributed by atoms with Gasteiger partial charge in [-0.3, -0.25) is 4.90 Å². The molecule has 1 unspecified atom stereocenters. The second-order valence-corrected chi connectivity index (χ2v) is 6.36. The molecule has 2 aliphatic rings. The average Bonchev–Trinajstić information content (AvgIpc) is 2.98. The zero-order valence-electron chi connectivity index (χ0n) is 13.2. The summed E-state index contributed by atoms with van der Waals surface area (Å²) in [6, 6.07) is 10.1. The van der Waals surface area contributed by atoms with E-state index in [-0.39, 0.29) is 0 Å². The van der Waals surface area contributed by atoms with E-state index in [0.717, 1.165) is 32.8 Å². The van der Waals surface area contributed by atoms with Crippen molar-refractivity contribution >= 4 is 11.4 Å². The summed E-state index contributed by atoms with van der Waals surface area (Å²) in [4.78, 5) is 4.93. The summed E-state index contributed by atoms with van der Waals surface area (Å²) >= 11 is 0. The van der Waals surface area contributed by atoms with Gasteiger partial charge in [0.05, 0.1) is 13.2 Å². The number of likely N-dealkylation sites (tertiary alicyclic amines) is 1. The Hall–Kier alpha value is -1.26. The van der Waals surface area contributed by atoms with E-state index in [2.05, 4.69) is 53.2 Å². The van der Waals surface area contributed by atoms with E-state index < -0.39 is 0 Å². The van der Waals surface area contributed by atoms with Gasteiger partial charge in [-0.1, -0.05) is 0 Å². The molecule has 0 aromatic heterocycles. The SMILES string of the molecule is CC(C)N1CCC(Nc2ccc(N3CCOCC3)cc2)C1. The predicted octanol–water partition coefficient (Wildman–Crippen LogP) is 2.42. The van der Waals surface area contributed by atoms with Gasteiger partial charge in [-0.25, -0.2) is 0 Å². The number of ether oxygens (including phenoxy) is 1. The Morgan fingerprint density at radius 1 is 1.10 bits per heavy atom. The Balaban J connectivity index is 1.55. The lowest BCUT2D eigenvalue weighted by atomic mass is 10.2. The Labute approximate surface area is 128 Å². The molecule has 0 amide bonds. The third-order valence-electron chi connectivity index (χ3n) is 4.56. The summed E-state index contributed by atoms with van der Waals surface area (Å²) in [7, 11) is 0. The molecule has 2 aliphatic heterocycles. The number of hydrogen-bond donors (Lipinski definition) is 1. The topological polar surface area (TPSA) is 27.7 Å². The molecule has 1 atom stereocenters. The maximum absolute atomic E-state index is 5.40. The lowest BCUT2D eigenvalue weighted by Gasteiger charge is -2.29. The van der Waals surface area contributed by atoms with Gasteiger partial charge in [-0.05, 0) is 44.5 Å². The summed E-state index contributed by atoms with van der Waals surface area (Å²) in [6.45, 7) is 10.6. The smallest absolute Gasteiger partial charge is 0.0642 e. The second-order valence-electron chi connectivity index (χ2n) is 6.36. The van der Waals surface area contributed by atoms with E-state index in [1.807, 2.05) is 0 Å². The van der Waals surface area contributed by atoms with Crippen LogP contribution in [0.15, 0.2) is 24.3 Å². The zero-order valence-corrected chi connectivity index (χ0v) is 13.2. The van der Waals surface area contributed by atoms with Crippen LogP contribution in [-0.2, 0) is 4.74 Å². The van der Waals surface area contributed by atoms with Gasteiger partial charge in [-0.15, -0.1) is 0 Å². The largest absolute Gasteiger partial charge is 0.381 e. The normalized spacial score (nSPS) is 23.8. The number of benzene rings is 1. The van der Waals surface area contributed by atoms with Crippen LogP contribution in [0.4, 0.5) is 11.4 Å². The zero-order chi connectivity index (χ0) is 14.7. The fourth-order valence-electron chi connectivity index (χ4n) is 3.20. The molecule has 0 spiro atoms. The van der Waals surface area contributed by atoms with Gasteiger partial charge in [0.2, 0.25) is 0 Å². The standard InChI is InChI=1S/C17H27N3O/c1-14(2)20-8-7-16(13-20)18-15-3-5-17(6-4-15)19-9-11-21-12-10-19/h3-6,14,16,18H,7-13H2,1-2H3. The van der Waals surface area contributed by atoms with Crippen LogP contribution in [0.1, 0.15) is 20.3 Å². The number of morpholine rings is 1. The molecular formula is C17H27N3O. The van der Waals surface area contributed by atoms with Crippen molar-refractivity contribution < 1.29 is 4.74 Å². The third-order valence-corrected chi connectivity index (χ3v) is 4.56. The molecule has 0 aliphatic carbocycles. The maximum atomic E-state index is 5.40. The Morgan fingerprint density at radius 2 is 1.81 bits per heavy atom. The average molecular weight is 289 g/mol. The van der Waals surface area contributed by atoms with Gasteiger partial charge in [0.1, 0.15) is 0 Å². The lowest BCUT2D eigenvalue weighted by molar-refractivity contribution is 0.122. The Morgan fingerprint density at radius 3 is 2.43 bits per heavy atom. The monoisotopic (exact) mass is 289 g/mol. The Bertz CT molecular complexity index is 440. The van der Waals surface area contributed by atoms with Crippen LogP contribution in [0.2, 0.25) is 0 Å². The van der Waals surface area contributed by atoms with Gasteiger partial charge in [0.25, 0.3) is 0 Å². The van der Waals surface area contributed by atoms with Gasteiger partial charge in [0, 0.05) is 49.6 Å². The molecule has 1 aromatic rings. The third kappa shape index (κ3) is 3.69. The van der Waals surface area contributed by atoms with Crippen LogP contribution in [0.3, 0.4) is 0 Å². The van der Waals surface area contributed by atoms with Gasteiger partial charge in [-0.2, -0.15) is 0 Å². The fraction of sp³-hybridized carbons (Fsp3) is 0.647. The fourth-order valence-corrected chi connectivity index (χ4v) is 3.20. The van der Waals surface area contributed by atoms with Crippen molar-refractivity contribution in [2.24, 2.45) is 0 Å². The summed E-state index contributed by atoms with van der Waals surface area (Å²) < 4.78 is 5.40. The highest BCUT2D eigenvalue weighted by atomic mass is 16.5. The van der Waals surface area contributed by atoms with Crippen molar-refractivity contribution in [1.29, 1.82) is 0 Å². The van der Waals surface area contributed by atoms with Crippen molar-refractivity contribution in [2.75, 3.05) is 49.6 Å². The summed E-state index contributed by atoms with van der Waals surface area (Å²) in [5.41, 5.74) is 2.54. The first kappa shape index (κ1) is 14.7.